The minimum atomic E-state index is -0.0288. The fourth-order valence-electron chi connectivity index (χ4n) is 1.53. The maximum absolute atomic E-state index is 11.6. The summed E-state index contributed by atoms with van der Waals surface area (Å²) in [6.45, 7) is 2.59. The van der Waals surface area contributed by atoms with Crippen molar-refractivity contribution in [3.8, 4) is 6.07 Å². The van der Waals surface area contributed by atoms with E-state index in [2.05, 4.69) is 11.4 Å². The third kappa shape index (κ3) is 5.17. The molecule has 1 N–H and O–H groups in total. The summed E-state index contributed by atoms with van der Waals surface area (Å²) >= 11 is 0. The number of nitrogens with one attached hydrogen (secondary N) is 1. The predicted molar refractivity (Wildman–Crippen MR) is 67.4 cm³/mol. The Morgan fingerprint density at radius 2 is 2.06 bits per heavy atom. The molecule has 0 aliphatic heterocycles. The van der Waals surface area contributed by atoms with Crippen LogP contribution in [0.25, 0.3) is 0 Å². The molecule has 0 spiro atoms. The average Bonchev–Trinajstić information content (AvgIpc) is 2.38. The van der Waals surface area contributed by atoms with Crippen LogP contribution in [0.4, 0.5) is 0 Å². The molecule has 3 nitrogen and oxygen atoms in total. The summed E-state index contributed by atoms with van der Waals surface area (Å²) in [5.41, 5.74) is 0.692. The van der Waals surface area contributed by atoms with E-state index in [0.717, 1.165) is 19.3 Å². The Kier molecular flexibility index (Phi) is 5.81. The van der Waals surface area contributed by atoms with Crippen molar-refractivity contribution >= 4 is 5.91 Å². The molecule has 0 bridgehead atoms. The highest BCUT2D eigenvalue weighted by molar-refractivity contribution is 5.94. The maximum atomic E-state index is 11.6. The molecule has 17 heavy (non-hydrogen) atoms. The molecule has 0 heterocycles. The zero-order valence-electron chi connectivity index (χ0n) is 10.1. The molecule has 1 rings (SSSR count). The van der Waals surface area contributed by atoms with Crippen LogP contribution in [0.2, 0.25) is 0 Å². The molecular formula is C14H18N2O. The lowest BCUT2D eigenvalue weighted by Crippen LogP contribution is -2.24. The third-order valence-corrected chi connectivity index (χ3v) is 2.61. The lowest BCUT2D eigenvalue weighted by Gasteiger charge is -2.05. The van der Waals surface area contributed by atoms with Crippen molar-refractivity contribution in [2.24, 2.45) is 5.92 Å². The normalized spacial score (nSPS) is 11.5. The van der Waals surface area contributed by atoms with E-state index in [-0.39, 0.29) is 11.8 Å². The zero-order chi connectivity index (χ0) is 12.5. The summed E-state index contributed by atoms with van der Waals surface area (Å²) in [5, 5.41) is 11.5. The van der Waals surface area contributed by atoms with Crippen molar-refractivity contribution in [2.45, 2.75) is 26.2 Å². The van der Waals surface area contributed by atoms with Gasteiger partial charge in [-0.05, 0) is 31.9 Å². The molecule has 0 radical (unpaired) electrons. The molecule has 0 aliphatic rings. The molecular weight excluding hydrogens is 212 g/mol. The number of carbonyl (C=O) groups excluding carboxylic acids is 1. The second kappa shape index (κ2) is 7.45. The molecule has 0 saturated carbocycles. The number of amides is 1. The molecule has 0 aromatic heterocycles. The lowest BCUT2D eigenvalue weighted by atomic mass is 10.1. The van der Waals surface area contributed by atoms with E-state index in [1.165, 1.54) is 0 Å². The van der Waals surface area contributed by atoms with E-state index < -0.39 is 0 Å². The number of hydrogen-bond donors (Lipinski definition) is 1. The number of nitriles is 1. The van der Waals surface area contributed by atoms with Gasteiger partial charge in [-0.25, -0.2) is 0 Å². The Morgan fingerprint density at radius 3 is 2.71 bits per heavy atom. The van der Waals surface area contributed by atoms with Crippen LogP contribution in [0.5, 0.6) is 0 Å². The van der Waals surface area contributed by atoms with Gasteiger partial charge in [0, 0.05) is 18.0 Å². The molecule has 0 saturated heterocycles. The van der Waals surface area contributed by atoms with Gasteiger partial charge in [0.2, 0.25) is 0 Å². The molecule has 1 aromatic rings. The number of nitrogens with zero attached hydrogens (tertiary/aromatic N) is 1. The number of unbranched alkanes of at least 4 members (excludes halogenated alkanes) is 1. The number of rotatable bonds is 6. The van der Waals surface area contributed by atoms with Crippen LogP contribution >= 0.6 is 0 Å². The van der Waals surface area contributed by atoms with Crippen molar-refractivity contribution in [2.75, 3.05) is 6.54 Å². The quantitative estimate of drug-likeness (QED) is 0.764. The van der Waals surface area contributed by atoms with Gasteiger partial charge >= 0.3 is 0 Å². The Morgan fingerprint density at radius 1 is 1.35 bits per heavy atom. The van der Waals surface area contributed by atoms with E-state index in [1.807, 2.05) is 25.1 Å². The lowest BCUT2D eigenvalue weighted by molar-refractivity contribution is 0.0953. The first-order valence-electron chi connectivity index (χ1n) is 5.97. The van der Waals surface area contributed by atoms with Crippen molar-refractivity contribution in [3.05, 3.63) is 35.9 Å². The summed E-state index contributed by atoms with van der Waals surface area (Å²) in [6.07, 6.45) is 2.80. The summed E-state index contributed by atoms with van der Waals surface area (Å²) < 4.78 is 0. The second-order valence-electron chi connectivity index (χ2n) is 4.15. The van der Waals surface area contributed by atoms with E-state index in [9.17, 15) is 4.79 Å². The van der Waals surface area contributed by atoms with Crippen molar-refractivity contribution in [1.82, 2.24) is 5.32 Å². The fraction of sp³-hybridized carbons (Fsp3) is 0.429. The van der Waals surface area contributed by atoms with Gasteiger partial charge < -0.3 is 5.32 Å². The highest BCUT2D eigenvalue weighted by Gasteiger charge is 2.03. The van der Waals surface area contributed by atoms with Crippen LogP contribution in [0.3, 0.4) is 0 Å². The number of hydrogen-bond acceptors (Lipinski definition) is 2. The molecule has 0 aliphatic carbocycles. The number of carbonyl (C=O) groups is 1. The number of benzene rings is 1. The van der Waals surface area contributed by atoms with Gasteiger partial charge in [0.1, 0.15) is 0 Å². The molecule has 3 heteroatoms. The van der Waals surface area contributed by atoms with Gasteiger partial charge in [-0.2, -0.15) is 5.26 Å². The third-order valence-electron chi connectivity index (χ3n) is 2.61. The van der Waals surface area contributed by atoms with Gasteiger partial charge in [-0.15, -0.1) is 0 Å². The average molecular weight is 230 g/mol. The largest absolute Gasteiger partial charge is 0.352 e. The Hall–Kier alpha value is -1.82. The Bertz CT molecular complexity index is 381. The topological polar surface area (TPSA) is 52.9 Å². The first-order valence-corrected chi connectivity index (χ1v) is 5.97. The van der Waals surface area contributed by atoms with Gasteiger partial charge in [-0.1, -0.05) is 24.6 Å². The minimum absolute atomic E-state index is 0.0288. The first kappa shape index (κ1) is 13.2. The van der Waals surface area contributed by atoms with Gasteiger partial charge in [0.15, 0.2) is 0 Å². The van der Waals surface area contributed by atoms with E-state index in [1.54, 1.807) is 12.1 Å². The van der Waals surface area contributed by atoms with Crippen LogP contribution in [0, 0.1) is 17.2 Å². The summed E-state index contributed by atoms with van der Waals surface area (Å²) in [6, 6.07) is 11.4. The molecule has 1 amide bonds. The highest BCUT2D eigenvalue weighted by atomic mass is 16.1. The monoisotopic (exact) mass is 230 g/mol. The molecule has 0 fully saturated rings. The summed E-state index contributed by atoms with van der Waals surface area (Å²) in [7, 11) is 0. The van der Waals surface area contributed by atoms with Crippen LogP contribution in [-0.2, 0) is 0 Å². The first-order chi connectivity index (χ1) is 8.24. The molecule has 1 unspecified atom stereocenters. The van der Waals surface area contributed by atoms with Gasteiger partial charge in [0.25, 0.3) is 5.91 Å². The van der Waals surface area contributed by atoms with E-state index >= 15 is 0 Å². The maximum Gasteiger partial charge on any atom is 0.251 e. The van der Waals surface area contributed by atoms with Crippen LogP contribution in [0.15, 0.2) is 30.3 Å². The standard InChI is InChI=1S/C14H18N2O/c1-12(11-15)7-5-6-10-16-14(17)13-8-3-2-4-9-13/h2-4,8-9,12H,5-7,10H2,1H3,(H,16,17). The predicted octanol–water partition coefficient (Wildman–Crippen LogP) is 2.75. The summed E-state index contributed by atoms with van der Waals surface area (Å²) in [5.74, 6) is 0.0822. The van der Waals surface area contributed by atoms with E-state index in [0.29, 0.717) is 12.1 Å². The fourth-order valence-corrected chi connectivity index (χ4v) is 1.53. The summed E-state index contributed by atoms with van der Waals surface area (Å²) in [4.78, 5) is 11.6. The van der Waals surface area contributed by atoms with Gasteiger partial charge in [0.05, 0.1) is 6.07 Å². The molecule has 90 valence electrons. The van der Waals surface area contributed by atoms with Crippen LogP contribution < -0.4 is 5.32 Å². The Labute approximate surface area is 102 Å². The van der Waals surface area contributed by atoms with Crippen LogP contribution in [0.1, 0.15) is 36.5 Å². The van der Waals surface area contributed by atoms with Gasteiger partial charge in [-0.3, -0.25) is 4.79 Å². The molecule has 1 aromatic carbocycles. The van der Waals surface area contributed by atoms with E-state index in [4.69, 9.17) is 5.26 Å². The Balaban J connectivity index is 2.16. The van der Waals surface area contributed by atoms with Crippen molar-refractivity contribution in [3.63, 3.8) is 0 Å². The molecule has 1 atom stereocenters. The SMILES string of the molecule is CC(C#N)CCCCNC(=O)c1ccccc1. The highest BCUT2D eigenvalue weighted by Crippen LogP contribution is 2.05. The minimum Gasteiger partial charge on any atom is -0.352 e. The van der Waals surface area contributed by atoms with Crippen molar-refractivity contribution < 1.29 is 4.79 Å². The van der Waals surface area contributed by atoms with Crippen molar-refractivity contribution in [1.29, 1.82) is 5.26 Å². The second-order valence-corrected chi connectivity index (χ2v) is 4.15. The smallest absolute Gasteiger partial charge is 0.251 e. The zero-order valence-corrected chi connectivity index (χ0v) is 10.1. The van der Waals surface area contributed by atoms with Crippen LogP contribution in [-0.4, -0.2) is 12.5 Å².